The van der Waals surface area contributed by atoms with E-state index in [2.05, 4.69) is 12.4 Å². The summed E-state index contributed by atoms with van der Waals surface area (Å²) < 4.78 is 11.2. The molecular weight excluding hydrogens is 214 g/mol. The second-order valence-corrected chi connectivity index (χ2v) is 5.72. The lowest BCUT2D eigenvalue weighted by molar-refractivity contribution is -0.0849. The highest BCUT2D eigenvalue weighted by molar-refractivity contribution is 4.93. The van der Waals surface area contributed by atoms with Crippen LogP contribution in [0, 0.1) is 5.92 Å². The molecule has 1 saturated carbocycles. The van der Waals surface area contributed by atoms with Gasteiger partial charge in [0.1, 0.15) is 0 Å². The third kappa shape index (κ3) is 3.43. The van der Waals surface area contributed by atoms with Gasteiger partial charge in [0, 0.05) is 26.4 Å². The lowest BCUT2D eigenvalue weighted by Gasteiger charge is -2.43. The van der Waals surface area contributed by atoms with Crippen LogP contribution in [-0.4, -0.2) is 39.0 Å². The molecular formula is C14H27NO2. The van der Waals surface area contributed by atoms with E-state index in [1.807, 2.05) is 7.11 Å². The molecule has 0 radical (unpaired) electrons. The molecule has 17 heavy (non-hydrogen) atoms. The van der Waals surface area contributed by atoms with Crippen LogP contribution in [-0.2, 0) is 9.47 Å². The van der Waals surface area contributed by atoms with Gasteiger partial charge in [-0.2, -0.15) is 0 Å². The summed E-state index contributed by atoms with van der Waals surface area (Å²) in [5.41, 5.74) is 0.193. The molecule has 1 atom stereocenters. The molecule has 0 aromatic rings. The van der Waals surface area contributed by atoms with Crippen molar-refractivity contribution in [3.8, 4) is 0 Å². The van der Waals surface area contributed by atoms with E-state index in [4.69, 9.17) is 9.47 Å². The first-order chi connectivity index (χ1) is 8.28. The summed E-state index contributed by atoms with van der Waals surface area (Å²) in [6.07, 6.45) is 8.76. The van der Waals surface area contributed by atoms with Crippen molar-refractivity contribution in [2.24, 2.45) is 5.92 Å². The van der Waals surface area contributed by atoms with Crippen LogP contribution in [0.25, 0.3) is 0 Å². The predicted octanol–water partition coefficient (Wildman–Crippen LogP) is 2.35. The van der Waals surface area contributed by atoms with Crippen LogP contribution in [0.4, 0.5) is 0 Å². The van der Waals surface area contributed by atoms with Gasteiger partial charge >= 0.3 is 0 Å². The second kappa shape index (κ2) is 6.17. The number of methoxy groups -OCH3 is 1. The molecule has 1 heterocycles. The van der Waals surface area contributed by atoms with E-state index in [1.54, 1.807) is 0 Å². The van der Waals surface area contributed by atoms with Gasteiger partial charge in [-0.1, -0.05) is 0 Å². The summed E-state index contributed by atoms with van der Waals surface area (Å²) in [5.74, 6) is 0.843. The first-order valence-electron chi connectivity index (χ1n) is 7.08. The highest BCUT2D eigenvalue weighted by Crippen LogP contribution is 2.40. The fourth-order valence-electron chi connectivity index (χ4n) is 3.20. The minimum atomic E-state index is 0.193. The van der Waals surface area contributed by atoms with Crippen molar-refractivity contribution in [3.63, 3.8) is 0 Å². The number of hydrogen-bond donors (Lipinski definition) is 1. The van der Waals surface area contributed by atoms with Crippen molar-refractivity contribution >= 4 is 0 Å². The van der Waals surface area contributed by atoms with Crippen LogP contribution < -0.4 is 5.32 Å². The summed E-state index contributed by atoms with van der Waals surface area (Å²) in [7, 11) is 3.96. The van der Waals surface area contributed by atoms with Crippen molar-refractivity contribution in [2.75, 3.05) is 27.4 Å². The molecule has 0 amide bonds. The van der Waals surface area contributed by atoms with Crippen LogP contribution in [0.3, 0.4) is 0 Å². The zero-order valence-electron chi connectivity index (χ0n) is 11.3. The normalized spacial score (nSPS) is 26.5. The monoisotopic (exact) mass is 241 g/mol. The molecule has 2 aliphatic rings. The molecule has 3 nitrogen and oxygen atoms in total. The Labute approximate surface area is 105 Å². The summed E-state index contributed by atoms with van der Waals surface area (Å²) in [4.78, 5) is 0. The maximum absolute atomic E-state index is 5.73. The standard InChI is InChI=1S/C14H27NO2/c1-15-13(10-12-4-8-17-9-5-12)11-14(16-2)6-3-7-14/h12-13,15H,3-11H2,1-2H3. The van der Waals surface area contributed by atoms with Gasteiger partial charge in [0.2, 0.25) is 0 Å². The van der Waals surface area contributed by atoms with E-state index in [-0.39, 0.29) is 5.60 Å². The third-order valence-corrected chi connectivity index (χ3v) is 4.68. The van der Waals surface area contributed by atoms with E-state index in [9.17, 15) is 0 Å². The highest BCUT2D eigenvalue weighted by atomic mass is 16.5. The summed E-state index contributed by atoms with van der Waals surface area (Å²) >= 11 is 0. The van der Waals surface area contributed by atoms with Gasteiger partial charge in [0.05, 0.1) is 5.60 Å². The number of nitrogens with one attached hydrogen (secondary N) is 1. The third-order valence-electron chi connectivity index (χ3n) is 4.68. The first kappa shape index (κ1) is 13.3. The molecule has 1 unspecified atom stereocenters. The molecule has 0 aromatic carbocycles. The fraction of sp³-hybridized carbons (Fsp3) is 1.00. The molecule has 1 aliphatic carbocycles. The van der Waals surface area contributed by atoms with Gasteiger partial charge in [0.15, 0.2) is 0 Å². The average molecular weight is 241 g/mol. The van der Waals surface area contributed by atoms with E-state index in [1.165, 1.54) is 44.9 Å². The summed E-state index contributed by atoms with van der Waals surface area (Å²) in [6, 6.07) is 0.610. The average Bonchev–Trinajstić information content (AvgIpc) is 2.33. The molecule has 0 bridgehead atoms. The Hall–Kier alpha value is -0.120. The highest BCUT2D eigenvalue weighted by Gasteiger charge is 2.39. The minimum Gasteiger partial charge on any atom is -0.381 e. The molecule has 3 heteroatoms. The molecule has 100 valence electrons. The molecule has 2 fully saturated rings. The fourth-order valence-corrected chi connectivity index (χ4v) is 3.20. The van der Waals surface area contributed by atoms with Crippen LogP contribution in [0.1, 0.15) is 44.9 Å². The van der Waals surface area contributed by atoms with E-state index >= 15 is 0 Å². The number of ether oxygens (including phenoxy) is 2. The Morgan fingerprint density at radius 3 is 2.53 bits per heavy atom. The zero-order chi connectivity index (χ0) is 12.1. The largest absolute Gasteiger partial charge is 0.381 e. The molecule has 1 aliphatic heterocycles. The zero-order valence-corrected chi connectivity index (χ0v) is 11.3. The molecule has 0 spiro atoms. The molecule has 0 aromatic heterocycles. The van der Waals surface area contributed by atoms with Crippen LogP contribution >= 0.6 is 0 Å². The maximum Gasteiger partial charge on any atom is 0.0693 e. The Morgan fingerprint density at radius 1 is 1.35 bits per heavy atom. The van der Waals surface area contributed by atoms with Gasteiger partial charge in [0.25, 0.3) is 0 Å². The van der Waals surface area contributed by atoms with Crippen LogP contribution in [0.5, 0.6) is 0 Å². The van der Waals surface area contributed by atoms with Crippen molar-refractivity contribution in [2.45, 2.75) is 56.6 Å². The predicted molar refractivity (Wildman–Crippen MR) is 69.2 cm³/mol. The Kier molecular flexibility index (Phi) is 4.83. The van der Waals surface area contributed by atoms with Gasteiger partial charge in [-0.05, 0) is 57.9 Å². The van der Waals surface area contributed by atoms with Crippen molar-refractivity contribution < 1.29 is 9.47 Å². The first-order valence-corrected chi connectivity index (χ1v) is 7.08. The quantitative estimate of drug-likeness (QED) is 0.774. The van der Waals surface area contributed by atoms with Crippen molar-refractivity contribution in [1.29, 1.82) is 0 Å². The SMILES string of the molecule is CNC(CC1CCOCC1)CC1(OC)CCC1. The van der Waals surface area contributed by atoms with Crippen molar-refractivity contribution in [3.05, 3.63) is 0 Å². The van der Waals surface area contributed by atoms with E-state index in [0.29, 0.717) is 6.04 Å². The molecule has 2 rings (SSSR count). The smallest absolute Gasteiger partial charge is 0.0693 e. The Balaban J connectivity index is 1.79. The Morgan fingerprint density at radius 2 is 2.06 bits per heavy atom. The maximum atomic E-state index is 5.73. The minimum absolute atomic E-state index is 0.193. The second-order valence-electron chi connectivity index (χ2n) is 5.72. The Bertz CT molecular complexity index is 217. The lowest BCUT2D eigenvalue weighted by Crippen LogP contribution is -2.45. The number of hydrogen-bond acceptors (Lipinski definition) is 3. The summed E-state index contributed by atoms with van der Waals surface area (Å²) in [5, 5.41) is 3.49. The van der Waals surface area contributed by atoms with Gasteiger partial charge in [-0.3, -0.25) is 0 Å². The van der Waals surface area contributed by atoms with Crippen LogP contribution in [0.2, 0.25) is 0 Å². The van der Waals surface area contributed by atoms with Gasteiger partial charge in [-0.15, -0.1) is 0 Å². The van der Waals surface area contributed by atoms with Gasteiger partial charge < -0.3 is 14.8 Å². The molecule has 1 saturated heterocycles. The van der Waals surface area contributed by atoms with Gasteiger partial charge in [-0.25, -0.2) is 0 Å². The van der Waals surface area contributed by atoms with E-state index in [0.717, 1.165) is 19.1 Å². The molecule has 1 N–H and O–H groups in total. The van der Waals surface area contributed by atoms with E-state index < -0.39 is 0 Å². The van der Waals surface area contributed by atoms with Crippen molar-refractivity contribution in [1.82, 2.24) is 5.32 Å². The lowest BCUT2D eigenvalue weighted by atomic mass is 9.74. The van der Waals surface area contributed by atoms with Crippen LogP contribution in [0.15, 0.2) is 0 Å². The number of rotatable bonds is 6. The summed E-state index contributed by atoms with van der Waals surface area (Å²) in [6.45, 7) is 1.91. The topological polar surface area (TPSA) is 30.5 Å².